The summed E-state index contributed by atoms with van der Waals surface area (Å²) in [5, 5.41) is 14.6. The summed E-state index contributed by atoms with van der Waals surface area (Å²) < 4.78 is 3.24. The predicted octanol–water partition coefficient (Wildman–Crippen LogP) is 3.56. The van der Waals surface area contributed by atoms with Gasteiger partial charge in [0.2, 0.25) is 5.95 Å². The lowest BCUT2D eigenvalue weighted by atomic mass is 9.77. The fourth-order valence-electron chi connectivity index (χ4n) is 5.85. The number of anilines is 3. The Morgan fingerprint density at radius 2 is 1.82 bits per heavy atom. The Bertz CT molecular complexity index is 1610. The SMILES string of the molecule is C=CCn1c(=O)c2cnc(Nc3ccc(N4CCN(C5CC5)CC4)cc3)nc2n1-c1cccc(C2(O)CCC2)n1. The first-order valence-electron chi connectivity index (χ1n) is 14.2. The molecule has 0 spiro atoms. The summed E-state index contributed by atoms with van der Waals surface area (Å²) in [5.74, 6) is 0.902. The normalized spacial score (nSPS) is 19.0. The number of aliphatic hydroxyl groups is 1. The van der Waals surface area contributed by atoms with Gasteiger partial charge in [-0.05, 0) is 68.5 Å². The number of nitrogens with zero attached hydrogens (tertiary/aromatic N) is 7. The third-order valence-corrected chi connectivity index (χ3v) is 8.45. The minimum Gasteiger partial charge on any atom is -0.384 e. The van der Waals surface area contributed by atoms with E-state index >= 15 is 0 Å². The molecule has 40 heavy (non-hydrogen) atoms. The number of benzene rings is 1. The Morgan fingerprint density at radius 3 is 2.50 bits per heavy atom. The third kappa shape index (κ3) is 4.47. The van der Waals surface area contributed by atoms with Crippen molar-refractivity contribution in [3.63, 3.8) is 0 Å². The van der Waals surface area contributed by atoms with Gasteiger partial charge in [-0.2, -0.15) is 4.98 Å². The molecule has 4 heterocycles. The van der Waals surface area contributed by atoms with Gasteiger partial charge in [-0.1, -0.05) is 12.1 Å². The van der Waals surface area contributed by atoms with Gasteiger partial charge in [0.25, 0.3) is 5.56 Å². The van der Waals surface area contributed by atoms with Gasteiger partial charge in [0.15, 0.2) is 11.5 Å². The smallest absolute Gasteiger partial charge is 0.278 e. The number of allylic oxidation sites excluding steroid dienone is 1. The van der Waals surface area contributed by atoms with Crippen molar-refractivity contribution in [3.8, 4) is 5.82 Å². The van der Waals surface area contributed by atoms with Gasteiger partial charge in [-0.25, -0.2) is 19.3 Å². The van der Waals surface area contributed by atoms with E-state index in [-0.39, 0.29) is 12.1 Å². The highest BCUT2D eigenvalue weighted by atomic mass is 16.3. The number of pyridine rings is 1. The van der Waals surface area contributed by atoms with Gasteiger partial charge in [-0.3, -0.25) is 9.69 Å². The monoisotopic (exact) mass is 538 g/mol. The molecule has 206 valence electrons. The van der Waals surface area contributed by atoms with Crippen LogP contribution >= 0.6 is 0 Å². The van der Waals surface area contributed by atoms with E-state index in [2.05, 4.69) is 38.8 Å². The van der Waals surface area contributed by atoms with Gasteiger partial charge >= 0.3 is 0 Å². The van der Waals surface area contributed by atoms with Crippen LogP contribution in [0, 0.1) is 0 Å². The summed E-state index contributed by atoms with van der Waals surface area (Å²) in [4.78, 5) is 32.3. The molecule has 2 saturated carbocycles. The molecule has 1 aromatic carbocycles. The maximum atomic E-state index is 13.3. The fraction of sp³-hybridized carbons (Fsp3) is 0.400. The van der Waals surface area contributed by atoms with Crippen molar-refractivity contribution in [2.75, 3.05) is 36.4 Å². The first-order valence-corrected chi connectivity index (χ1v) is 14.2. The summed E-state index contributed by atoms with van der Waals surface area (Å²) >= 11 is 0. The van der Waals surface area contributed by atoms with Gasteiger partial charge in [0, 0.05) is 49.8 Å². The van der Waals surface area contributed by atoms with E-state index in [1.807, 2.05) is 30.3 Å². The van der Waals surface area contributed by atoms with Crippen LogP contribution in [-0.4, -0.2) is 66.5 Å². The van der Waals surface area contributed by atoms with E-state index in [4.69, 9.17) is 9.97 Å². The minimum absolute atomic E-state index is 0.220. The predicted molar refractivity (Wildman–Crippen MR) is 155 cm³/mol. The molecule has 0 radical (unpaired) electrons. The Labute approximate surface area is 232 Å². The molecule has 10 nitrogen and oxygen atoms in total. The molecule has 0 atom stereocenters. The largest absolute Gasteiger partial charge is 0.384 e. The lowest BCUT2D eigenvalue weighted by Gasteiger charge is -2.36. The van der Waals surface area contributed by atoms with Crippen LogP contribution < -0.4 is 15.8 Å². The second-order valence-corrected chi connectivity index (χ2v) is 11.1. The molecule has 0 amide bonds. The first-order chi connectivity index (χ1) is 19.5. The molecule has 10 heteroatoms. The van der Waals surface area contributed by atoms with Gasteiger partial charge in [-0.15, -0.1) is 6.58 Å². The summed E-state index contributed by atoms with van der Waals surface area (Å²) in [6, 6.07) is 14.7. The van der Waals surface area contributed by atoms with Crippen molar-refractivity contribution in [3.05, 3.63) is 77.4 Å². The molecule has 4 aromatic rings. The molecule has 0 unspecified atom stereocenters. The summed E-state index contributed by atoms with van der Waals surface area (Å²) in [6.07, 6.45) is 8.27. The van der Waals surface area contributed by atoms with Crippen LogP contribution in [-0.2, 0) is 12.1 Å². The second kappa shape index (κ2) is 9.87. The van der Waals surface area contributed by atoms with Crippen LogP contribution in [0.3, 0.4) is 0 Å². The average molecular weight is 539 g/mol. The Morgan fingerprint density at radius 1 is 1.05 bits per heavy atom. The number of nitrogens with one attached hydrogen (secondary N) is 1. The van der Waals surface area contributed by atoms with Crippen molar-refractivity contribution in [1.29, 1.82) is 0 Å². The molecule has 3 fully saturated rings. The van der Waals surface area contributed by atoms with Crippen LogP contribution in [0.2, 0.25) is 0 Å². The van der Waals surface area contributed by atoms with Crippen LogP contribution in [0.25, 0.3) is 16.9 Å². The molecule has 2 N–H and O–H groups in total. The number of rotatable bonds is 8. The lowest BCUT2D eigenvalue weighted by Crippen LogP contribution is -2.47. The molecule has 1 aliphatic heterocycles. The maximum Gasteiger partial charge on any atom is 0.278 e. The highest BCUT2D eigenvalue weighted by Crippen LogP contribution is 2.40. The van der Waals surface area contributed by atoms with Crippen LogP contribution in [0.4, 0.5) is 17.3 Å². The van der Waals surface area contributed by atoms with E-state index in [1.54, 1.807) is 21.6 Å². The van der Waals surface area contributed by atoms with E-state index in [9.17, 15) is 9.90 Å². The average Bonchev–Trinajstić information content (AvgIpc) is 3.78. The van der Waals surface area contributed by atoms with E-state index in [1.165, 1.54) is 18.5 Å². The number of piperazine rings is 1. The Balaban J connectivity index is 1.17. The number of hydrogen-bond acceptors (Lipinski definition) is 8. The number of aromatic nitrogens is 5. The van der Waals surface area contributed by atoms with Crippen LogP contribution in [0.15, 0.2) is 66.1 Å². The van der Waals surface area contributed by atoms with Gasteiger partial charge < -0.3 is 15.3 Å². The fourth-order valence-corrected chi connectivity index (χ4v) is 5.85. The molecule has 2 aliphatic carbocycles. The minimum atomic E-state index is -0.915. The Kier molecular flexibility index (Phi) is 6.16. The molecule has 1 saturated heterocycles. The molecular formula is C30H34N8O2. The van der Waals surface area contributed by atoms with Crippen molar-refractivity contribution >= 4 is 28.4 Å². The van der Waals surface area contributed by atoms with E-state index < -0.39 is 5.60 Å². The standard InChI is InChI=1S/C30H34N8O2/c1-2-15-37-28(39)24-20-31-29(34-27(24)38(37)26-6-3-5-25(33-26)30(40)13-4-14-30)32-21-7-9-22(10-8-21)35-16-18-36(19-17-35)23-11-12-23/h2-3,5-10,20,23,40H,1,4,11-19H2,(H,31,32,34). The van der Waals surface area contributed by atoms with Crippen molar-refractivity contribution in [2.45, 2.75) is 50.3 Å². The van der Waals surface area contributed by atoms with Crippen molar-refractivity contribution in [2.24, 2.45) is 0 Å². The highest BCUT2D eigenvalue weighted by Gasteiger charge is 2.38. The topological polar surface area (TPSA) is 104 Å². The van der Waals surface area contributed by atoms with Gasteiger partial charge in [0.05, 0.1) is 12.2 Å². The molecule has 0 bridgehead atoms. The molecule has 3 aliphatic rings. The molecule has 7 rings (SSSR count). The summed E-state index contributed by atoms with van der Waals surface area (Å²) in [6.45, 7) is 8.46. The quantitative estimate of drug-likeness (QED) is 0.328. The van der Waals surface area contributed by atoms with Crippen molar-refractivity contribution in [1.82, 2.24) is 29.2 Å². The third-order valence-electron chi connectivity index (χ3n) is 8.45. The molecular weight excluding hydrogens is 504 g/mol. The maximum absolute atomic E-state index is 13.3. The van der Waals surface area contributed by atoms with Crippen LogP contribution in [0.5, 0.6) is 0 Å². The highest BCUT2D eigenvalue weighted by molar-refractivity contribution is 5.77. The van der Waals surface area contributed by atoms with Gasteiger partial charge in [0.1, 0.15) is 11.0 Å². The number of fused-ring (bicyclic) bond motifs is 1. The molecule has 3 aromatic heterocycles. The van der Waals surface area contributed by atoms with E-state index in [0.717, 1.165) is 44.3 Å². The Hall–Kier alpha value is -4.02. The van der Waals surface area contributed by atoms with Crippen molar-refractivity contribution < 1.29 is 5.11 Å². The van der Waals surface area contributed by atoms with Crippen LogP contribution in [0.1, 0.15) is 37.8 Å². The zero-order valence-electron chi connectivity index (χ0n) is 22.5. The summed E-state index contributed by atoms with van der Waals surface area (Å²) in [5.41, 5.74) is 2.00. The number of hydrogen-bond donors (Lipinski definition) is 2. The summed E-state index contributed by atoms with van der Waals surface area (Å²) in [7, 11) is 0. The van der Waals surface area contributed by atoms with E-state index in [0.29, 0.717) is 41.3 Å². The zero-order valence-corrected chi connectivity index (χ0v) is 22.5. The zero-order chi connectivity index (χ0) is 27.3. The lowest BCUT2D eigenvalue weighted by molar-refractivity contribution is -0.0426. The second-order valence-electron chi connectivity index (χ2n) is 11.1. The first kappa shape index (κ1) is 25.0.